The Bertz CT molecular complexity index is 1880. The van der Waals surface area contributed by atoms with Crippen LogP contribution in [-0.2, 0) is 33.6 Å². The molecule has 0 spiro atoms. The van der Waals surface area contributed by atoms with E-state index in [0.717, 1.165) is 56.3 Å². The SMILES string of the molecule is CC(=O)C[C@H](NC(=O)[C@H](CC(C)C)N[C@@H](O)[C@](C)(CC(C)C)NC(O)[C@H](CC1CCC2CCC=CC2C1)NC(=O)[C@H](CC1CCC(C(N)O)CC1)NC=O)C(=O)N[C@@H](CC1CCC=NC1)C(=O)N(C)CC(N)=O. The number of Topliss-reactive ketones (excluding diaryl/α,β-unsaturated/α-hetero) is 1. The zero-order chi connectivity index (χ0) is 54.0. The monoisotopic (exact) mass is 1030 g/mol. The highest BCUT2D eigenvalue weighted by Gasteiger charge is 2.42. The van der Waals surface area contributed by atoms with Crippen LogP contribution in [0.1, 0.15) is 151 Å². The lowest BCUT2D eigenvalue weighted by molar-refractivity contribution is -0.139. The largest absolute Gasteiger partial charge is 0.379 e. The number of allylic oxidation sites excluding steroid dienone is 2. The number of nitrogens with two attached hydrogens (primary N) is 2. The van der Waals surface area contributed by atoms with Crippen LogP contribution in [0.5, 0.6) is 0 Å². The summed E-state index contributed by atoms with van der Waals surface area (Å²) in [6, 6.07) is -5.36. The lowest BCUT2D eigenvalue weighted by atomic mass is 9.69. The Hall–Kier alpha value is -4.34. The van der Waals surface area contributed by atoms with Crippen molar-refractivity contribution >= 4 is 47.9 Å². The second-order valence-electron chi connectivity index (χ2n) is 23.1. The summed E-state index contributed by atoms with van der Waals surface area (Å²) in [6.07, 6.45) is 13.5. The van der Waals surface area contributed by atoms with Gasteiger partial charge in [0.15, 0.2) is 0 Å². The van der Waals surface area contributed by atoms with E-state index in [4.69, 9.17) is 11.5 Å². The van der Waals surface area contributed by atoms with Gasteiger partial charge in [-0.2, -0.15) is 0 Å². The first-order chi connectivity index (χ1) is 34.5. The van der Waals surface area contributed by atoms with Gasteiger partial charge >= 0.3 is 0 Å². The van der Waals surface area contributed by atoms with Crippen LogP contribution < -0.4 is 43.4 Å². The van der Waals surface area contributed by atoms with E-state index in [1.54, 1.807) is 13.1 Å². The molecule has 13 N–H and O–H groups in total. The van der Waals surface area contributed by atoms with Crippen molar-refractivity contribution in [3.8, 4) is 0 Å². The summed E-state index contributed by atoms with van der Waals surface area (Å²) >= 11 is 0. The van der Waals surface area contributed by atoms with Crippen LogP contribution >= 0.6 is 0 Å². The summed E-state index contributed by atoms with van der Waals surface area (Å²) in [5.74, 6) is -2.57. The predicted molar refractivity (Wildman–Crippen MR) is 279 cm³/mol. The van der Waals surface area contributed by atoms with Crippen molar-refractivity contribution in [2.24, 2.45) is 63.8 Å². The lowest BCUT2D eigenvalue weighted by Crippen LogP contribution is -2.67. The number of nitrogens with one attached hydrogen (secondary N) is 6. The van der Waals surface area contributed by atoms with Crippen molar-refractivity contribution in [3.05, 3.63) is 12.2 Å². The summed E-state index contributed by atoms with van der Waals surface area (Å²) in [5, 5.41) is 52.3. The number of amides is 6. The van der Waals surface area contributed by atoms with E-state index >= 15 is 0 Å². The van der Waals surface area contributed by atoms with Crippen molar-refractivity contribution in [3.63, 3.8) is 0 Å². The van der Waals surface area contributed by atoms with Crippen LogP contribution in [0, 0.1) is 47.3 Å². The highest BCUT2D eigenvalue weighted by atomic mass is 16.3. The molecular formula is C53H92N10O10. The normalized spacial score (nSPS) is 26.1. The molecule has 20 heteroatoms. The maximum absolute atomic E-state index is 14.4. The smallest absolute Gasteiger partial charge is 0.245 e. The van der Waals surface area contributed by atoms with Crippen LogP contribution in [0.4, 0.5) is 0 Å². The lowest BCUT2D eigenvalue weighted by Gasteiger charge is -2.43. The first-order valence-corrected chi connectivity index (χ1v) is 27.1. The van der Waals surface area contributed by atoms with Gasteiger partial charge in [0.25, 0.3) is 0 Å². The molecular weight excluding hydrogens is 937 g/mol. The fourth-order valence-corrected chi connectivity index (χ4v) is 11.8. The van der Waals surface area contributed by atoms with Crippen LogP contribution in [0.25, 0.3) is 0 Å². The number of rotatable bonds is 30. The van der Waals surface area contributed by atoms with Crippen molar-refractivity contribution in [2.75, 3.05) is 20.1 Å². The predicted octanol–water partition coefficient (Wildman–Crippen LogP) is 1.63. The molecule has 0 radical (unpaired) electrons. The molecule has 4 aliphatic rings. The van der Waals surface area contributed by atoms with Gasteiger partial charge in [0.05, 0.1) is 24.2 Å². The molecule has 414 valence electrons. The molecule has 0 aromatic rings. The standard InChI is InChI=1S/C53H92N10O10/c1-31(2)21-41(48(69)58-42(22-33(5)65)49(70)60-44(26-36-11-10-20-56-28-36)51(72)63(7)29-45(54)66)61-52(73)53(6,27-32(3)4)62-50(71)43(25-35-16-17-37-12-8-9-13-39(37)23-35)59-47(68)40(57-30-64)24-34-14-18-38(19-15-34)46(55)67/h9,13,20,30-32,34-44,46,50,52,61-62,67,71,73H,8,10-12,14-19,21-29,55H2,1-7H3,(H2,54,66)(H,57,64)(H,58,69)(H,59,68)(H,60,70)/t34?,35?,36?,37?,38?,39?,40-,41-,42-,43-,44-,46?,50?,52-,53-/m0/s1. The number of likely N-dealkylation sites (N-methyl/N-ethyl adjacent to an activating group) is 1. The first kappa shape index (κ1) is 61.2. The molecule has 13 atom stereocenters. The summed E-state index contributed by atoms with van der Waals surface area (Å²) < 4.78 is 0. The fraction of sp³-hybridized carbons (Fsp3) is 0.811. The number of nitrogens with zero attached hydrogens (tertiary/aromatic N) is 2. The number of primary amides is 1. The molecule has 20 nitrogen and oxygen atoms in total. The van der Waals surface area contributed by atoms with E-state index in [1.165, 1.54) is 14.0 Å². The van der Waals surface area contributed by atoms with E-state index < -0.39 is 96.2 Å². The van der Waals surface area contributed by atoms with Gasteiger partial charge in [-0.25, -0.2) is 0 Å². The molecule has 73 heavy (non-hydrogen) atoms. The van der Waals surface area contributed by atoms with Crippen LogP contribution in [-0.4, -0.2) is 143 Å². The molecule has 1 aliphatic heterocycles. The number of ketones is 1. The molecule has 1 heterocycles. The molecule has 4 rings (SSSR count). The Balaban J connectivity index is 1.57. The van der Waals surface area contributed by atoms with Gasteiger partial charge in [0, 0.05) is 20.0 Å². The van der Waals surface area contributed by atoms with E-state index in [2.05, 4.69) is 49.0 Å². The Kier molecular flexibility index (Phi) is 24.9. The van der Waals surface area contributed by atoms with E-state index in [1.807, 2.05) is 27.7 Å². The molecule has 3 aliphatic carbocycles. The maximum Gasteiger partial charge on any atom is 0.245 e. The van der Waals surface area contributed by atoms with Crippen LogP contribution in [0.15, 0.2) is 17.1 Å². The van der Waals surface area contributed by atoms with Crippen molar-refractivity contribution in [1.29, 1.82) is 0 Å². The number of hydrogen-bond acceptors (Lipinski definition) is 14. The minimum atomic E-state index is -1.49. The molecule has 0 aromatic heterocycles. The number of aliphatic imine (C=N–C) groups is 1. The Labute approximate surface area is 433 Å². The van der Waals surface area contributed by atoms with Gasteiger partial charge < -0.3 is 53.0 Å². The first-order valence-electron chi connectivity index (χ1n) is 27.1. The second kappa shape index (κ2) is 29.7. The topological polar surface area (TPSA) is 320 Å². The van der Waals surface area contributed by atoms with Crippen molar-refractivity contribution < 1.29 is 48.9 Å². The third-order valence-corrected chi connectivity index (χ3v) is 15.6. The molecule has 0 saturated heterocycles. The van der Waals surface area contributed by atoms with Gasteiger partial charge in [0.1, 0.15) is 42.6 Å². The summed E-state index contributed by atoms with van der Waals surface area (Å²) in [6.45, 7) is 10.8. The highest BCUT2D eigenvalue weighted by Crippen LogP contribution is 2.41. The fourth-order valence-electron chi connectivity index (χ4n) is 11.8. The number of fused-ring (bicyclic) bond motifs is 1. The molecule has 6 amide bonds. The minimum absolute atomic E-state index is 0.0224. The molecule has 2 fully saturated rings. The second-order valence-corrected chi connectivity index (χ2v) is 23.1. The molecule has 0 bridgehead atoms. The number of aliphatic hydroxyl groups is 3. The van der Waals surface area contributed by atoms with Crippen LogP contribution in [0.2, 0.25) is 0 Å². The Morgan fingerprint density at radius 3 is 2.04 bits per heavy atom. The van der Waals surface area contributed by atoms with Gasteiger partial charge in [-0.3, -0.25) is 49.2 Å². The summed E-state index contributed by atoms with van der Waals surface area (Å²) in [7, 11) is 1.40. The Morgan fingerprint density at radius 2 is 1.44 bits per heavy atom. The highest BCUT2D eigenvalue weighted by molar-refractivity contribution is 5.96. The Morgan fingerprint density at radius 1 is 0.795 bits per heavy atom. The quantitative estimate of drug-likeness (QED) is 0.0277. The average Bonchev–Trinajstić information content (AvgIpc) is 3.32. The number of carbonyl (C=O) groups is 7. The van der Waals surface area contributed by atoms with Gasteiger partial charge in [-0.05, 0) is 164 Å². The van der Waals surface area contributed by atoms with Crippen LogP contribution in [0.3, 0.4) is 0 Å². The zero-order valence-electron chi connectivity index (χ0n) is 44.7. The van der Waals surface area contributed by atoms with Crippen molar-refractivity contribution in [2.45, 2.75) is 205 Å². The molecule has 6 unspecified atom stereocenters. The van der Waals surface area contributed by atoms with E-state index in [9.17, 15) is 48.9 Å². The van der Waals surface area contributed by atoms with Gasteiger partial charge in [-0.15, -0.1) is 0 Å². The summed E-state index contributed by atoms with van der Waals surface area (Å²) in [5.41, 5.74) is 9.82. The van der Waals surface area contributed by atoms with E-state index in [0.29, 0.717) is 63.3 Å². The van der Waals surface area contributed by atoms with Gasteiger partial charge in [0.2, 0.25) is 35.9 Å². The summed E-state index contributed by atoms with van der Waals surface area (Å²) in [4.78, 5) is 98.2. The zero-order valence-corrected chi connectivity index (χ0v) is 44.7. The minimum Gasteiger partial charge on any atom is -0.379 e. The third-order valence-electron chi connectivity index (χ3n) is 15.6. The average molecular weight is 1030 g/mol. The number of aliphatic hydroxyl groups excluding tert-OH is 3. The molecule has 2 saturated carbocycles. The maximum atomic E-state index is 14.4. The number of hydrogen-bond donors (Lipinski definition) is 11. The van der Waals surface area contributed by atoms with Crippen molar-refractivity contribution in [1.82, 2.24) is 36.8 Å². The number of carbonyl (C=O) groups excluding carboxylic acids is 7. The molecule has 0 aromatic carbocycles. The van der Waals surface area contributed by atoms with Gasteiger partial charge in [-0.1, -0.05) is 46.3 Å². The third kappa shape index (κ3) is 20.0. The van der Waals surface area contributed by atoms with E-state index in [-0.39, 0.29) is 54.9 Å².